The van der Waals surface area contributed by atoms with Gasteiger partial charge in [-0.3, -0.25) is 14.0 Å². The Kier molecular flexibility index (Phi) is 5.95. The third-order valence-corrected chi connectivity index (χ3v) is 7.41. The number of rotatable bonds is 5. The summed E-state index contributed by atoms with van der Waals surface area (Å²) in [6.45, 7) is 7.36. The number of piperazine rings is 1. The van der Waals surface area contributed by atoms with E-state index in [0.717, 1.165) is 71.5 Å². The number of nitrogens with zero attached hydrogens (tertiary/aromatic N) is 3. The highest BCUT2D eigenvalue weighted by molar-refractivity contribution is 7.96. The molecule has 1 spiro atoms. The number of hydrogen-bond acceptors (Lipinski definition) is 6. The van der Waals surface area contributed by atoms with Crippen molar-refractivity contribution in [1.29, 1.82) is 0 Å². The molecular formula is C21H31N3O2S. The summed E-state index contributed by atoms with van der Waals surface area (Å²) in [4.78, 5) is 17.5. The molecule has 4 rings (SSSR count). The van der Waals surface area contributed by atoms with Gasteiger partial charge in [-0.2, -0.15) is 0 Å². The van der Waals surface area contributed by atoms with Crippen LogP contribution < -0.4 is 4.90 Å². The molecule has 3 saturated heterocycles. The number of carbonyl (C=O) groups is 1. The lowest BCUT2D eigenvalue weighted by atomic mass is 9.76. The lowest BCUT2D eigenvalue weighted by molar-refractivity contribution is -0.150. The normalized spacial score (nSPS) is 26.5. The summed E-state index contributed by atoms with van der Waals surface area (Å²) in [5.41, 5.74) is 1.13. The predicted octanol–water partition coefficient (Wildman–Crippen LogP) is 2.87. The fourth-order valence-corrected chi connectivity index (χ4v) is 5.25. The second-order valence-electron chi connectivity index (χ2n) is 8.08. The maximum atomic E-state index is 12.5. The van der Waals surface area contributed by atoms with E-state index in [1.54, 1.807) is 11.9 Å². The van der Waals surface area contributed by atoms with E-state index in [1.165, 1.54) is 5.69 Å². The maximum absolute atomic E-state index is 12.5. The van der Waals surface area contributed by atoms with Crippen LogP contribution in [0.2, 0.25) is 0 Å². The van der Waals surface area contributed by atoms with Gasteiger partial charge in [0, 0.05) is 57.9 Å². The van der Waals surface area contributed by atoms with Gasteiger partial charge in [0.05, 0.1) is 5.41 Å². The van der Waals surface area contributed by atoms with Crippen LogP contribution in [0.25, 0.3) is 0 Å². The van der Waals surface area contributed by atoms with Gasteiger partial charge in [-0.1, -0.05) is 30.1 Å². The number of hydrogen-bond donors (Lipinski definition) is 0. The van der Waals surface area contributed by atoms with Crippen LogP contribution in [0.5, 0.6) is 0 Å². The molecule has 3 heterocycles. The summed E-state index contributed by atoms with van der Waals surface area (Å²) in [7, 11) is 0. The van der Waals surface area contributed by atoms with Gasteiger partial charge in [0.15, 0.2) is 0 Å². The van der Waals surface area contributed by atoms with Gasteiger partial charge < -0.3 is 9.64 Å². The van der Waals surface area contributed by atoms with Gasteiger partial charge in [-0.15, -0.1) is 0 Å². The molecule has 0 radical (unpaired) electrons. The molecule has 1 atom stereocenters. The first-order valence-corrected chi connectivity index (χ1v) is 11.4. The quantitative estimate of drug-likeness (QED) is 0.569. The van der Waals surface area contributed by atoms with Crippen LogP contribution in [0.3, 0.4) is 0 Å². The summed E-state index contributed by atoms with van der Waals surface area (Å²) < 4.78 is 8.16. The summed E-state index contributed by atoms with van der Waals surface area (Å²) in [5, 5.41) is 0. The van der Waals surface area contributed by atoms with Crippen molar-refractivity contribution in [2.75, 3.05) is 57.0 Å². The van der Waals surface area contributed by atoms with E-state index in [9.17, 15) is 4.79 Å². The van der Waals surface area contributed by atoms with Crippen molar-refractivity contribution in [2.45, 2.75) is 31.8 Å². The molecule has 0 amide bonds. The molecule has 5 nitrogen and oxygen atoms in total. The van der Waals surface area contributed by atoms with Crippen molar-refractivity contribution in [1.82, 2.24) is 9.21 Å². The SMILES string of the molecule is CSN1CCC2(CC1)CC(CCN1CCN(c3ccccc3)CC1)OC2=O. The predicted molar refractivity (Wildman–Crippen MR) is 111 cm³/mol. The average molecular weight is 390 g/mol. The van der Waals surface area contributed by atoms with Crippen molar-refractivity contribution in [3.05, 3.63) is 30.3 Å². The van der Waals surface area contributed by atoms with Crippen LogP contribution in [0.1, 0.15) is 25.7 Å². The number of carbonyl (C=O) groups excluding carboxylic acids is 1. The molecule has 3 fully saturated rings. The highest BCUT2D eigenvalue weighted by Crippen LogP contribution is 2.44. The Morgan fingerprint density at radius 1 is 1.07 bits per heavy atom. The molecule has 148 valence electrons. The standard InChI is InChI=1S/C21H31N3O2S/c1-27-24-11-8-21(9-12-24)17-19(26-20(21)25)7-10-22-13-15-23(16-14-22)18-5-3-2-4-6-18/h2-6,19H,7-17H2,1H3. The van der Waals surface area contributed by atoms with Crippen molar-refractivity contribution in [3.8, 4) is 0 Å². The fraction of sp³-hybridized carbons (Fsp3) is 0.667. The number of benzene rings is 1. The first-order valence-electron chi connectivity index (χ1n) is 10.2. The molecule has 27 heavy (non-hydrogen) atoms. The number of cyclic esters (lactones) is 1. The van der Waals surface area contributed by atoms with E-state index < -0.39 is 0 Å². The Morgan fingerprint density at radius 2 is 1.78 bits per heavy atom. The van der Waals surface area contributed by atoms with Gasteiger partial charge in [-0.25, -0.2) is 0 Å². The van der Waals surface area contributed by atoms with Gasteiger partial charge in [-0.05, 0) is 37.7 Å². The van der Waals surface area contributed by atoms with Gasteiger partial charge >= 0.3 is 5.97 Å². The summed E-state index contributed by atoms with van der Waals surface area (Å²) in [5.74, 6) is 0.0714. The minimum absolute atomic E-state index is 0.0714. The highest BCUT2D eigenvalue weighted by Gasteiger charge is 2.50. The molecule has 0 bridgehead atoms. The first kappa shape index (κ1) is 19.1. The smallest absolute Gasteiger partial charge is 0.312 e. The topological polar surface area (TPSA) is 36.0 Å². The average Bonchev–Trinajstić information content (AvgIpc) is 3.03. The number of esters is 1. The zero-order chi connectivity index (χ0) is 18.7. The van der Waals surface area contributed by atoms with Gasteiger partial charge in [0.1, 0.15) is 6.10 Å². The van der Waals surface area contributed by atoms with E-state index in [-0.39, 0.29) is 17.5 Å². The molecular weight excluding hydrogens is 358 g/mol. The maximum Gasteiger partial charge on any atom is 0.312 e. The largest absolute Gasteiger partial charge is 0.462 e. The zero-order valence-electron chi connectivity index (χ0n) is 16.3. The van der Waals surface area contributed by atoms with E-state index >= 15 is 0 Å². The third-order valence-electron chi connectivity index (χ3n) is 6.52. The molecule has 6 heteroatoms. The van der Waals surface area contributed by atoms with Crippen LogP contribution in [-0.4, -0.2) is 73.3 Å². The first-order chi connectivity index (χ1) is 13.2. The van der Waals surface area contributed by atoms with Crippen molar-refractivity contribution >= 4 is 23.6 Å². The van der Waals surface area contributed by atoms with Crippen LogP contribution in [0.4, 0.5) is 5.69 Å². The van der Waals surface area contributed by atoms with E-state index in [1.807, 2.05) is 0 Å². The van der Waals surface area contributed by atoms with E-state index in [0.29, 0.717) is 0 Å². The second kappa shape index (κ2) is 8.41. The van der Waals surface area contributed by atoms with Crippen molar-refractivity contribution in [2.24, 2.45) is 5.41 Å². The Bertz CT molecular complexity index is 626. The summed E-state index contributed by atoms with van der Waals surface area (Å²) in [6, 6.07) is 10.7. The molecule has 0 aromatic heterocycles. The second-order valence-corrected chi connectivity index (χ2v) is 8.96. The Labute approximate surface area is 167 Å². The molecule has 0 saturated carbocycles. The van der Waals surface area contributed by atoms with E-state index in [4.69, 9.17) is 4.74 Å². The Morgan fingerprint density at radius 3 is 2.44 bits per heavy atom. The summed E-state index contributed by atoms with van der Waals surface area (Å²) >= 11 is 1.79. The molecule has 0 aliphatic carbocycles. The van der Waals surface area contributed by atoms with Crippen LogP contribution in [-0.2, 0) is 9.53 Å². The van der Waals surface area contributed by atoms with Gasteiger partial charge in [0.2, 0.25) is 0 Å². The molecule has 1 unspecified atom stereocenters. The number of para-hydroxylation sites is 1. The molecule has 3 aliphatic heterocycles. The molecule has 1 aromatic carbocycles. The van der Waals surface area contributed by atoms with Crippen molar-refractivity contribution in [3.63, 3.8) is 0 Å². The van der Waals surface area contributed by atoms with Crippen LogP contribution in [0.15, 0.2) is 30.3 Å². The van der Waals surface area contributed by atoms with E-state index in [2.05, 4.69) is 50.7 Å². The summed E-state index contributed by atoms with van der Waals surface area (Å²) in [6.07, 6.45) is 6.05. The number of piperidine rings is 1. The fourth-order valence-electron chi connectivity index (χ4n) is 4.70. The molecule has 0 N–H and O–H groups in total. The van der Waals surface area contributed by atoms with Crippen molar-refractivity contribution < 1.29 is 9.53 Å². The van der Waals surface area contributed by atoms with Gasteiger partial charge in [0.25, 0.3) is 0 Å². The molecule has 3 aliphatic rings. The molecule has 1 aromatic rings. The van der Waals surface area contributed by atoms with Crippen LogP contribution in [0, 0.1) is 5.41 Å². The van der Waals surface area contributed by atoms with Crippen LogP contribution >= 0.6 is 11.9 Å². The minimum atomic E-state index is -0.192. The lowest BCUT2D eigenvalue weighted by Gasteiger charge is -2.36. The third kappa shape index (κ3) is 4.28. The minimum Gasteiger partial charge on any atom is -0.462 e. The zero-order valence-corrected chi connectivity index (χ0v) is 17.1. The number of ether oxygens (including phenoxy) is 1. The monoisotopic (exact) mass is 389 g/mol. The number of anilines is 1. The highest BCUT2D eigenvalue weighted by atomic mass is 32.2. The Balaban J connectivity index is 1.22. The lowest BCUT2D eigenvalue weighted by Crippen LogP contribution is -2.47. The Hall–Kier alpha value is -1.24.